The van der Waals surface area contributed by atoms with Crippen LogP contribution in [-0.2, 0) is 9.53 Å². The summed E-state index contributed by atoms with van der Waals surface area (Å²) in [4.78, 5) is 15.1. The Morgan fingerprint density at radius 3 is 2.89 bits per heavy atom. The predicted molar refractivity (Wildman–Crippen MR) is 82.2 cm³/mol. The molecule has 3 nitrogen and oxygen atoms in total. The minimum absolute atomic E-state index is 0.111. The SMILES string of the molecule is COCC1CCN(C(=O)C=Cc2cc(Br)cs2)CC1. The average Bonchev–Trinajstić information content (AvgIpc) is 2.83. The van der Waals surface area contributed by atoms with E-state index in [1.165, 1.54) is 0 Å². The van der Waals surface area contributed by atoms with Gasteiger partial charge in [-0.3, -0.25) is 4.79 Å². The maximum atomic E-state index is 12.0. The number of nitrogens with zero attached hydrogens (tertiary/aromatic N) is 1. The molecule has 0 spiro atoms. The van der Waals surface area contributed by atoms with E-state index in [1.807, 2.05) is 22.4 Å². The first-order valence-corrected chi connectivity index (χ1v) is 8.06. The fourth-order valence-electron chi connectivity index (χ4n) is 2.23. The molecule has 0 radical (unpaired) electrons. The van der Waals surface area contributed by atoms with Crippen molar-refractivity contribution in [1.82, 2.24) is 4.90 Å². The number of halogens is 1. The summed E-state index contributed by atoms with van der Waals surface area (Å²) in [5.74, 6) is 0.715. The van der Waals surface area contributed by atoms with E-state index in [0.29, 0.717) is 5.92 Å². The standard InChI is InChI=1S/C14H18BrNO2S/c1-18-9-11-4-6-16(7-5-11)14(17)3-2-13-8-12(15)10-19-13/h2-3,8,10-11H,4-7,9H2,1H3. The van der Waals surface area contributed by atoms with Gasteiger partial charge in [0.05, 0.1) is 0 Å². The number of rotatable bonds is 4. The Balaban J connectivity index is 1.83. The Morgan fingerprint density at radius 2 is 2.32 bits per heavy atom. The fourth-order valence-corrected chi connectivity index (χ4v) is 3.57. The van der Waals surface area contributed by atoms with Gasteiger partial charge in [-0.25, -0.2) is 0 Å². The van der Waals surface area contributed by atoms with E-state index in [-0.39, 0.29) is 5.91 Å². The summed E-state index contributed by atoms with van der Waals surface area (Å²) in [6, 6.07) is 2.01. The van der Waals surface area contributed by atoms with Crippen molar-refractivity contribution in [2.24, 2.45) is 5.92 Å². The molecule has 0 saturated carbocycles. The lowest BCUT2D eigenvalue weighted by molar-refractivity contribution is -0.127. The number of ether oxygens (including phenoxy) is 1. The third-order valence-corrected chi connectivity index (χ3v) is 4.97. The van der Waals surface area contributed by atoms with Crippen LogP contribution in [-0.4, -0.2) is 37.6 Å². The molecule has 0 aromatic carbocycles. The van der Waals surface area contributed by atoms with Crippen LogP contribution in [0.2, 0.25) is 0 Å². The number of methoxy groups -OCH3 is 1. The first-order valence-electron chi connectivity index (χ1n) is 6.39. The smallest absolute Gasteiger partial charge is 0.246 e. The third kappa shape index (κ3) is 4.44. The second-order valence-electron chi connectivity index (χ2n) is 4.72. The molecule has 2 rings (SSSR count). The van der Waals surface area contributed by atoms with Crippen molar-refractivity contribution >= 4 is 39.2 Å². The highest BCUT2D eigenvalue weighted by atomic mass is 79.9. The van der Waals surface area contributed by atoms with Crippen molar-refractivity contribution in [1.29, 1.82) is 0 Å². The zero-order valence-corrected chi connectivity index (χ0v) is 13.4. The van der Waals surface area contributed by atoms with Crippen LogP contribution >= 0.6 is 27.3 Å². The van der Waals surface area contributed by atoms with Gasteiger partial charge < -0.3 is 9.64 Å². The van der Waals surface area contributed by atoms with Crippen LogP contribution in [0.1, 0.15) is 17.7 Å². The molecule has 0 unspecified atom stereocenters. The van der Waals surface area contributed by atoms with E-state index >= 15 is 0 Å². The van der Waals surface area contributed by atoms with Gasteiger partial charge in [0.1, 0.15) is 0 Å². The lowest BCUT2D eigenvalue weighted by Crippen LogP contribution is -2.38. The molecule has 1 aliphatic heterocycles. The van der Waals surface area contributed by atoms with Crippen molar-refractivity contribution in [2.45, 2.75) is 12.8 Å². The number of likely N-dealkylation sites (tertiary alicyclic amines) is 1. The van der Waals surface area contributed by atoms with Gasteiger partial charge in [-0.05, 0) is 46.8 Å². The maximum Gasteiger partial charge on any atom is 0.246 e. The molecule has 19 heavy (non-hydrogen) atoms. The summed E-state index contributed by atoms with van der Waals surface area (Å²) in [5.41, 5.74) is 0. The quantitative estimate of drug-likeness (QED) is 0.784. The number of amides is 1. The van der Waals surface area contributed by atoms with E-state index in [2.05, 4.69) is 15.9 Å². The van der Waals surface area contributed by atoms with E-state index in [1.54, 1.807) is 24.5 Å². The molecule has 1 aromatic rings. The van der Waals surface area contributed by atoms with Gasteiger partial charge in [-0.2, -0.15) is 0 Å². The van der Waals surface area contributed by atoms with Crippen LogP contribution in [0.25, 0.3) is 6.08 Å². The number of thiophene rings is 1. The predicted octanol–water partition coefficient (Wildman–Crippen LogP) is 3.41. The first-order chi connectivity index (χ1) is 9.19. The molecule has 1 aliphatic rings. The Hall–Kier alpha value is -0.650. The summed E-state index contributed by atoms with van der Waals surface area (Å²) in [5, 5.41) is 2.01. The van der Waals surface area contributed by atoms with Gasteiger partial charge in [0.2, 0.25) is 5.91 Å². The number of hydrogen-bond acceptors (Lipinski definition) is 3. The van der Waals surface area contributed by atoms with Crippen LogP contribution < -0.4 is 0 Å². The second-order valence-corrected chi connectivity index (χ2v) is 6.58. The Morgan fingerprint density at radius 1 is 1.58 bits per heavy atom. The number of carbonyl (C=O) groups excluding carboxylic acids is 1. The van der Waals surface area contributed by atoms with Crippen molar-refractivity contribution in [2.75, 3.05) is 26.8 Å². The van der Waals surface area contributed by atoms with Crippen molar-refractivity contribution < 1.29 is 9.53 Å². The van der Waals surface area contributed by atoms with Crippen LogP contribution in [0.15, 0.2) is 22.0 Å². The lowest BCUT2D eigenvalue weighted by Gasteiger charge is -2.30. The highest BCUT2D eigenvalue weighted by Gasteiger charge is 2.21. The minimum Gasteiger partial charge on any atom is -0.384 e. The number of hydrogen-bond donors (Lipinski definition) is 0. The third-order valence-electron chi connectivity index (χ3n) is 3.31. The van der Waals surface area contributed by atoms with Crippen molar-refractivity contribution in [3.8, 4) is 0 Å². The van der Waals surface area contributed by atoms with Gasteiger partial charge in [0, 0.05) is 47.6 Å². The molecule has 0 aliphatic carbocycles. The van der Waals surface area contributed by atoms with Gasteiger partial charge in [0.25, 0.3) is 0 Å². The monoisotopic (exact) mass is 343 g/mol. The zero-order valence-electron chi connectivity index (χ0n) is 11.0. The second kappa shape index (κ2) is 7.22. The Bertz CT molecular complexity index is 450. The lowest BCUT2D eigenvalue weighted by atomic mass is 9.98. The average molecular weight is 344 g/mol. The molecule has 0 N–H and O–H groups in total. The van der Waals surface area contributed by atoms with Crippen LogP contribution in [0.4, 0.5) is 0 Å². The molecule has 0 atom stereocenters. The highest BCUT2D eigenvalue weighted by molar-refractivity contribution is 9.10. The van der Waals surface area contributed by atoms with E-state index in [0.717, 1.165) is 41.9 Å². The zero-order chi connectivity index (χ0) is 13.7. The van der Waals surface area contributed by atoms with E-state index in [4.69, 9.17) is 4.74 Å². The topological polar surface area (TPSA) is 29.5 Å². The normalized spacial score (nSPS) is 17.3. The van der Waals surface area contributed by atoms with Gasteiger partial charge >= 0.3 is 0 Å². The van der Waals surface area contributed by atoms with Crippen molar-refractivity contribution in [3.63, 3.8) is 0 Å². The Labute approximate surface area is 126 Å². The largest absolute Gasteiger partial charge is 0.384 e. The molecule has 1 aromatic heterocycles. The minimum atomic E-state index is 0.111. The van der Waals surface area contributed by atoms with E-state index < -0.39 is 0 Å². The maximum absolute atomic E-state index is 12.0. The van der Waals surface area contributed by atoms with Crippen LogP contribution in [0, 0.1) is 5.92 Å². The summed E-state index contributed by atoms with van der Waals surface area (Å²) in [6.07, 6.45) is 5.64. The first kappa shape index (κ1) is 14.8. The summed E-state index contributed by atoms with van der Waals surface area (Å²) in [7, 11) is 1.74. The molecule has 1 saturated heterocycles. The summed E-state index contributed by atoms with van der Waals surface area (Å²) < 4.78 is 6.22. The van der Waals surface area contributed by atoms with Crippen LogP contribution in [0.3, 0.4) is 0 Å². The molecular formula is C14H18BrNO2S. The summed E-state index contributed by atoms with van der Waals surface area (Å²) in [6.45, 7) is 2.48. The number of piperidine rings is 1. The van der Waals surface area contributed by atoms with E-state index in [9.17, 15) is 4.79 Å². The fraction of sp³-hybridized carbons (Fsp3) is 0.500. The Kier molecular flexibility index (Phi) is 5.60. The van der Waals surface area contributed by atoms with Gasteiger partial charge in [0.15, 0.2) is 0 Å². The molecule has 1 amide bonds. The molecule has 5 heteroatoms. The molecule has 2 heterocycles. The van der Waals surface area contributed by atoms with Gasteiger partial charge in [-0.15, -0.1) is 11.3 Å². The molecule has 104 valence electrons. The van der Waals surface area contributed by atoms with Crippen molar-refractivity contribution in [3.05, 3.63) is 26.9 Å². The van der Waals surface area contributed by atoms with Crippen LogP contribution in [0.5, 0.6) is 0 Å². The highest BCUT2D eigenvalue weighted by Crippen LogP contribution is 2.21. The molecular weight excluding hydrogens is 326 g/mol. The number of carbonyl (C=O) groups is 1. The van der Waals surface area contributed by atoms with Gasteiger partial charge in [-0.1, -0.05) is 0 Å². The molecule has 1 fully saturated rings. The summed E-state index contributed by atoms with van der Waals surface area (Å²) >= 11 is 5.03. The molecule has 0 bridgehead atoms.